The number of pyridine rings is 1. The third-order valence-electron chi connectivity index (χ3n) is 4.54. The summed E-state index contributed by atoms with van der Waals surface area (Å²) in [4.78, 5) is 2.50. The number of halogens is 1. The number of nitrogens with zero attached hydrogens (tertiary/aromatic N) is 2. The Balaban J connectivity index is 0.00000133. The second kappa shape index (κ2) is 7.28. The predicted octanol–water partition coefficient (Wildman–Crippen LogP) is 3.73. The average Bonchev–Trinajstić information content (AvgIpc) is 2.95. The van der Waals surface area contributed by atoms with Crippen molar-refractivity contribution in [3.63, 3.8) is 0 Å². The zero-order chi connectivity index (χ0) is 12.2. The molecule has 2 heterocycles. The fourth-order valence-corrected chi connectivity index (χ4v) is 3.43. The van der Waals surface area contributed by atoms with E-state index in [0.29, 0.717) is 0 Å². The molecular formula is C16H26BrN2+. The standard InChI is InChI=1S/C16H25N2.BrH/c1-2-6-15(7-3-1)14-17-12-8-16(9-13-17)18-10-4-5-11-18;/h8-9,12-13,15H,1-7,10-11,14H2;1H/q+1;. The van der Waals surface area contributed by atoms with E-state index < -0.39 is 0 Å². The minimum absolute atomic E-state index is 0. The van der Waals surface area contributed by atoms with Gasteiger partial charge in [0, 0.05) is 36.8 Å². The molecule has 0 aromatic carbocycles. The molecule has 0 N–H and O–H groups in total. The lowest BCUT2D eigenvalue weighted by Gasteiger charge is -2.19. The Morgan fingerprint density at radius 1 is 0.947 bits per heavy atom. The third-order valence-corrected chi connectivity index (χ3v) is 4.54. The summed E-state index contributed by atoms with van der Waals surface area (Å²) in [6.07, 6.45) is 14.5. The van der Waals surface area contributed by atoms with Crippen LogP contribution in [0, 0.1) is 5.92 Å². The summed E-state index contributed by atoms with van der Waals surface area (Å²) in [5.41, 5.74) is 1.41. The van der Waals surface area contributed by atoms with E-state index in [-0.39, 0.29) is 17.0 Å². The quantitative estimate of drug-likeness (QED) is 0.768. The Morgan fingerprint density at radius 3 is 2.21 bits per heavy atom. The van der Waals surface area contributed by atoms with Crippen molar-refractivity contribution in [2.45, 2.75) is 51.5 Å². The molecule has 106 valence electrons. The second-order valence-corrected chi connectivity index (χ2v) is 5.95. The van der Waals surface area contributed by atoms with Gasteiger partial charge in [-0.1, -0.05) is 19.3 Å². The monoisotopic (exact) mass is 325 g/mol. The smallest absolute Gasteiger partial charge is 0.170 e. The van der Waals surface area contributed by atoms with Crippen molar-refractivity contribution < 1.29 is 4.57 Å². The molecule has 1 saturated carbocycles. The van der Waals surface area contributed by atoms with E-state index in [1.54, 1.807) is 0 Å². The Kier molecular flexibility index (Phi) is 5.68. The molecule has 2 aliphatic rings. The highest BCUT2D eigenvalue weighted by Gasteiger charge is 2.18. The topological polar surface area (TPSA) is 7.12 Å². The largest absolute Gasteiger partial charge is 0.371 e. The van der Waals surface area contributed by atoms with Crippen LogP contribution in [0.15, 0.2) is 24.5 Å². The summed E-state index contributed by atoms with van der Waals surface area (Å²) in [5.74, 6) is 0.918. The van der Waals surface area contributed by atoms with Crippen LogP contribution in [-0.4, -0.2) is 13.1 Å². The van der Waals surface area contributed by atoms with Crippen molar-refractivity contribution in [3.05, 3.63) is 24.5 Å². The van der Waals surface area contributed by atoms with Crippen LogP contribution < -0.4 is 9.47 Å². The lowest BCUT2D eigenvalue weighted by atomic mass is 9.89. The molecule has 0 spiro atoms. The van der Waals surface area contributed by atoms with Crippen LogP contribution in [0.5, 0.6) is 0 Å². The van der Waals surface area contributed by atoms with Crippen LogP contribution in [0.2, 0.25) is 0 Å². The van der Waals surface area contributed by atoms with E-state index in [4.69, 9.17) is 0 Å². The molecule has 1 aromatic rings. The van der Waals surface area contributed by atoms with Gasteiger partial charge in [-0.3, -0.25) is 0 Å². The normalized spacial score (nSPS) is 20.3. The average molecular weight is 326 g/mol. The highest BCUT2D eigenvalue weighted by atomic mass is 79.9. The number of anilines is 1. The number of rotatable bonds is 3. The van der Waals surface area contributed by atoms with E-state index in [1.807, 2.05) is 0 Å². The summed E-state index contributed by atoms with van der Waals surface area (Å²) in [6.45, 7) is 3.71. The van der Waals surface area contributed by atoms with Crippen LogP contribution in [0.25, 0.3) is 0 Å². The van der Waals surface area contributed by atoms with Crippen LogP contribution in [-0.2, 0) is 6.54 Å². The lowest BCUT2D eigenvalue weighted by Crippen LogP contribution is -2.37. The van der Waals surface area contributed by atoms with E-state index >= 15 is 0 Å². The Labute approximate surface area is 127 Å². The first-order chi connectivity index (χ1) is 8.92. The number of hydrogen-bond acceptors (Lipinski definition) is 1. The number of hydrogen-bond donors (Lipinski definition) is 0. The Bertz CT molecular complexity index is 365. The van der Waals surface area contributed by atoms with Crippen molar-refractivity contribution >= 4 is 22.7 Å². The van der Waals surface area contributed by atoms with Gasteiger partial charge < -0.3 is 4.90 Å². The van der Waals surface area contributed by atoms with Gasteiger partial charge in [-0.25, -0.2) is 4.57 Å². The Morgan fingerprint density at radius 2 is 1.58 bits per heavy atom. The highest BCUT2D eigenvalue weighted by Crippen LogP contribution is 2.24. The molecule has 2 nitrogen and oxygen atoms in total. The molecule has 2 fully saturated rings. The molecule has 3 heteroatoms. The molecule has 0 unspecified atom stereocenters. The highest BCUT2D eigenvalue weighted by molar-refractivity contribution is 8.93. The molecular weight excluding hydrogens is 300 g/mol. The molecule has 0 bridgehead atoms. The van der Waals surface area contributed by atoms with Gasteiger partial charge >= 0.3 is 0 Å². The fourth-order valence-electron chi connectivity index (χ4n) is 3.43. The van der Waals surface area contributed by atoms with Gasteiger partial charge in [0.1, 0.15) is 0 Å². The van der Waals surface area contributed by atoms with Crippen LogP contribution in [0.1, 0.15) is 44.9 Å². The zero-order valence-electron chi connectivity index (χ0n) is 11.8. The predicted molar refractivity (Wildman–Crippen MR) is 85.0 cm³/mol. The van der Waals surface area contributed by atoms with E-state index in [2.05, 4.69) is 34.0 Å². The zero-order valence-corrected chi connectivity index (χ0v) is 13.5. The summed E-state index contributed by atoms with van der Waals surface area (Å²) >= 11 is 0. The summed E-state index contributed by atoms with van der Waals surface area (Å²) in [5, 5.41) is 0. The van der Waals surface area contributed by atoms with Gasteiger partial charge in [-0.05, 0) is 25.7 Å². The van der Waals surface area contributed by atoms with Gasteiger partial charge in [0.15, 0.2) is 18.9 Å². The molecule has 1 aliphatic heterocycles. The van der Waals surface area contributed by atoms with Crippen molar-refractivity contribution in [3.8, 4) is 0 Å². The van der Waals surface area contributed by atoms with Crippen molar-refractivity contribution in [2.24, 2.45) is 5.92 Å². The molecule has 0 atom stereocenters. The van der Waals surface area contributed by atoms with E-state index in [1.165, 1.54) is 70.3 Å². The molecule has 1 aliphatic carbocycles. The maximum absolute atomic E-state index is 2.50. The van der Waals surface area contributed by atoms with Crippen molar-refractivity contribution in [1.29, 1.82) is 0 Å². The van der Waals surface area contributed by atoms with Gasteiger partial charge in [0.2, 0.25) is 0 Å². The van der Waals surface area contributed by atoms with Gasteiger partial charge in [-0.2, -0.15) is 0 Å². The SMILES string of the molecule is Br.c1c[n+](CC2CCCCC2)ccc1N1CCCC1. The van der Waals surface area contributed by atoms with E-state index in [9.17, 15) is 0 Å². The van der Waals surface area contributed by atoms with Crippen LogP contribution >= 0.6 is 17.0 Å². The molecule has 19 heavy (non-hydrogen) atoms. The van der Waals surface area contributed by atoms with Gasteiger partial charge in [0.05, 0.1) is 0 Å². The molecule has 1 aromatic heterocycles. The van der Waals surface area contributed by atoms with Crippen molar-refractivity contribution in [2.75, 3.05) is 18.0 Å². The minimum atomic E-state index is 0. The summed E-state index contributed by atoms with van der Waals surface area (Å²) < 4.78 is 2.38. The van der Waals surface area contributed by atoms with Crippen molar-refractivity contribution in [1.82, 2.24) is 0 Å². The number of aromatic nitrogens is 1. The molecule has 3 rings (SSSR count). The van der Waals surface area contributed by atoms with Crippen LogP contribution in [0.3, 0.4) is 0 Å². The summed E-state index contributed by atoms with van der Waals surface area (Å²) in [7, 11) is 0. The lowest BCUT2D eigenvalue weighted by molar-refractivity contribution is -0.703. The van der Waals surface area contributed by atoms with E-state index in [0.717, 1.165) is 5.92 Å². The fraction of sp³-hybridized carbons (Fsp3) is 0.688. The third kappa shape index (κ3) is 3.95. The minimum Gasteiger partial charge on any atom is -0.371 e. The van der Waals surface area contributed by atoms with Gasteiger partial charge in [-0.15, -0.1) is 17.0 Å². The Hall–Kier alpha value is -0.570. The van der Waals surface area contributed by atoms with Crippen LogP contribution in [0.4, 0.5) is 5.69 Å². The molecule has 0 amide bonds. The second-order valence-electron chi connectivity index (χ2n) is 5.95. The van der Waals surface area contributed by atoms with Gasteiger partial charge in [0.25, 0.3) is 0 Å². The first-order valence-electron chi connectivity index (χ1n) is 7.66. The first kappa shape index (κ1) is 14.8. The maximum atomic E-state index is 2.50. The molecule has 0 radical (unpaired) electrons. The first-order valence-corrected chi connectivity index (χ1v) is 7.66. The molecule has 1 saturated heterocycles. The maximum Gasteiger partial charge on any atom is 0.170 e. The summed E-state index contributed by atoms with van der Waals surface area (Å²) in [6, 6.07) is 4.60.